The van der Waals surface area contributed by atoms with E-state index in [0.717, 1.165) is 11.1 Å². The van der Waals surface area contributed by atoms with Gasteiger partial charge < -0.3 is 15.3 Å². The Morgan fingerprint density at radius 2 is 1.42 bits per heavy atom. The number of aromatic hydroxyl groups is 3. The highest BCUT2D eigenvalue weighted by Gasteiger charge is 2.27. The number of rotatable bonds is 2. The molecule has 3 heteroatoms. The van der Waals surface area contributed by atoms with Gasteiger partial charge in [0.25, 0.3) is 0 Å². The highest BCUT2D eigenvalue weighted by Crippen LogP contribution is 2.40. The average molecular weight is 258 g/mol. The van der Waals surface area contributed by atoms with Gasteiger partial charge in [0.05, 0.1) is 0 Å². The van der Waals surface area contributed by atoms with Crippen molar-refractivity contribution in [3.8, 4) is 17.2 Å². The lowest BCUT2D eigenvalue weighted by atomic mass is 9.77. The van der Waals surface area contributed by atoms with Crippen molar-refractivity contribution >= 4 is 0 Å². The average Bonchev–Trinajstić information content (AvgIpc) is 2.36. The minimum atomic E-state index is -0.420. The number of phenolic OH excluding ortho intramolecular Hbond substituents is 3. The second kappa shape index (κ2) is 4.50. The van der Waals surface area contributed by atoms with Gasteiger partial charge >= 0.3 is 0 Å². The Bertz CT molecular complexity index is 598. The molecule has 0 heterocycles. The van der Waals surface area contributed by atoms with Crippen molar-refractivity contribution in [2.75, 3.05) is 0 Å². The van der Waals surface area contributed by atoms with Gasteiger partial charge in [-0.25, -0.2) is 0 Å². The van der Waals surface area contributed by atoms with Gasteiger partial charge in [-0.3, -0.25) is 0 Å². The van der Waals surface area contributed by atoms with E-state index in [4.69, 9.17) is 0 Å². The van der Waals surface area contributed by atoms with E-state index in [1.165, 1.54) is 0 Å². The molecule has 0 saturated carbocycles. The third kappa shape index (κ3) is 2.24. The summed E-state index contributed by atoms with van der Waals surface area (Å²) < 4.78 is 0. The van der Waals surface area contributed by atoms with Crippen LogP contribution in [0.2, 0.25) is 0 Å². The molecule has 0 spiro atoms. The summed E-state index contributed by atoms with van der Waals surface area (Å²) in [7, 11) is 0. The highest BCUT2D eigenvalue weighted by molar-refractivity contribution is 5.53. The molecule has 0 amide bonds. The number of phenols is 3. The van der Waals surface area contributed by atoms with Crippen LogP contribution in [0.25, 0.3) is 0 Å². The second-order valence-corrected chi connectivity index (χ2v) is 5.28. The summed E-state index contributed by atoms with van der Waals surface area (Å²) in [5, 5.41) is 29.2. The van der Waals surface area contributed by atoms with Gasteiger partial charge in [0.15, 0.2) is 0 Å². The van der Waals surface area contributed by atoms with Crippen molar-refractivity contribution in [1.29, 1.82) is 0 Å². The molecule has 100 valence electrons. The van der Waals surface area contributed by atoms with Crippen molar-refractivity contribution in [3.05, 3.63) is 53.1 Å². The van der Waals surface area contributed by atoms with Crippen LogP contribution >= 0.6 is 0 Å². The highest BCUT2D eigenvalue weighted by atomic mass is 16.3. The molecule has 0 aliphatic rings. The first kappa shape index (κ1) is 13.3. The zero-order valence-electron chi connectivity index (χ0n) is 11.3. The van der Waals surface area contributed by atoms with Crippen LogP contribution in [0.1, 0.15) is 30.5 Å². The van der Waals surface area contributed by atoms with E-state index in [1.54, 1.807) is 31.2 Å². The molecular weight excluding hydrogens is 240 g/mol. The Labute approximate surface area is 112 Å². The largest absolute Gasteiger partial charge is 0.508 e. The lowest BCUT2D eigenvalue weighted by Gasteiger charge is -2.27. The van der Waals surface area contributed by atoms with E-state index >= 15 is 0 Å². The van der Waals surface area contributed by atoms with E-state index in [-0.39, 0.29) is 17.2 Å². The summed E-state index contributed by atoms with van der Waals surface area (Å²) in [6.45, 7) is 5.66. The molecule has 2 rings (SSSR count). The monoisotopic (exact) mass is 258 g/mol. The van der Waals surface area contributed by atoms with Crippen molar-refractivity contribution < 1.29 is 15.3 Å². The maximum atomic E-state index is 10.2. The maximum absolute atomic E-state index is 10.2. The van der Waals surface area contributed by atoms with Gasteiger partial charge in [0.2, 0.25) is 0 Å². The molecule has 0 unspecified atom stereocenters. The molecule has 3 N–H and O–H groups in total. The SMILES string of the molecule is Cc1c(O)ccc(C(C)(C)c2ccc(O)cc2)c1O. The molecule has 0 aliphatic carbocycles. The summed E-state index contributed by atoms with van der Waals surface area (Å²) >= 11 is 0. The molecular formula is C16H18O3. The normalized spacial score (nSPS) is 11.5. The van der Waals surface area contributed by atoms with E-state index < -0.39 is 5.41 Å². The Morgan fingerprint density at radius 1 is 0.842 bits per heavy atom. The third-order valence-corrected chi connectivity index (χ3v) is 3.66. The Kier molecular flexibility index (Phi) is 3.14. The number of hydrogen-bond acceptors (Lipinski definition) is 3. The van der Waals surface area contributed by atoms with E-state index in [0.29, 0.717) is 5.56 Å². The summed E-state index contributed by atoms with van der Waals surface area (Å²) in [6, 6.07) is 10.2. The molecule has 2 aromatic carbocycles. The van der Waals surface area contributed by atoms with Gasteiger partial charge in [-0.05, 0) is 30.7 Å². The molecule has 19 heavy (non-hydrogen) atoms. The zero-order chi connectivity index (χ0) is 14.2. The molecule has 3 nitrogen and oxygen atoms in total. The molecule has 0 saturated heterocycles. The van der Waals surface area contributed by atoms with Gasteiger partial charge in [-0.15, -0.1) is 0 Å². The van der Waals surface area contributed by atoms with Gasteiger partial charge in [-0.2, -0.15) is 0 Å². The molecule has 0 radical (unpaired) electrons. The zero-order valence-corrected chi connectivity index (χ0v) is 11.3. The van der Waals surface area contributed by atoms with E-state index in [2.05, 4.69) is 0 Å². The van der Waals surface area contributed by atoms with Crippen molar-refractivity contribution in [2.24, 2.45) is 0 Å². The van der Waals surface area contributed by atoms with Crippen LogP contribution in [-0.2, 0) is 5.41 Å². The summed E-state index contributed by atoms with van der Waals surface area (Å²) in [5.74, 6) is 0.409. The van der Waals surface area contributed by atoms with E-state index in [1.807, 2.05) is 26.0 Å². The van der Waals surface area contributed by atoms with Crippen LogP contribution in [0.4, 0.5) is 0 Å². The maximum Gasteiger partial charge on any atom is 0.126 e. The first-order chi connectivity index (χ1) is 8.84. The lowest BCUT2D eigenvalue weighted by molar-refractivity contribution is 0.429. The van der Waals surface area contributed by atoms with Gasteiger partial charge in [0.1, 0.15) is 17.2 Å². The third-order valence-electron chi connectivity index (χ3n) is 3.66. The van der Waals surface area contributed by atoms with Gasteiger partial charge in [-0.1, -0.05) is 32.0 Å². The van der Waals surface area contributed by atoms with Crippen molar-refractivity contribution in [1.82, 2.24) is 0 Å². The van der Waals surface area contributed by atoms with E-state index in [9.17, 15) is 15.3 Å². The summed E-state index contributed by atoms with van der Waals surface area (Å²) in [4.78, 5) is 0. The fourth-order valence-electron chi connectivity index (χ4n) is 2.23. The predicted octanol–water partition coefficient (Wildman–Crippen LogP) is 3.44. The van der Waals surface area contributed by atoms with Crippen LogP contribution in [0.5, 0.6) is 17.2 Å². The lowest BCUT2D eigenvalue weighted by Crippen LogP contribution is -2.19. The summed E-state index contributed by atoms with van der Waals surface area (Å²) in [6.07, 6.45) is 0. The molecule has 0 aliphatic heterocycles. The Hall–Kier alpha value is -2.16. The minimum Gasteiger partial charge on any atom is -0.508 e. The van der Waals surface area contributed by atoms with Crippen LogP contribution < -0.4 is 0 Å². The molecule has 0 bridgehead atoms. The fourth-order valence-corrected chi connectivity index (χ4v) is 2.23. The smallest absolute Gasteiger partial charge is 0.126 e. The van der Waals surface area contributed by atoms with Gasteiger partial charge in [0, 0.05) is 16.5 Å². The molecule has 0 aromatic heterocycles. The standard InChI is InChI=1S/C16H18O3/c1-10-14(18)9-8-13(15(10)19)16(2,3)11-4-6-12(17)7-5-11/h4-9,17-19H,1-3H3. The second-order valence-electron chi connectivity index (χ2n) is 5.28. The topological polar surface area (TPSA) is 60.7 Å². The van der Waals surface area contributed by atoms with Crippen molar-refractivity contribution in [2.45, 2.75) is 26.2 Å². The number of hydrogen-bond donors (Lipinski definition) is 3. The summed E-state index contributed by atoms with van der Waals surface area (Å²) in [5.41, 5.74) is 1.78. The van der Waals surface area contributed by atoms with Crippen LogP contribution in [-0.4, -0.2) is 15.3 Å². The Balaban J connectivity index is 2.56. The predicted molar refractivity (Wildman–Crippen MR) is 74.7 cm³/mol. The molecule has 0 fully saturated rings. The minimum absolute atomic E-state index is 0.0859. The molecule has 0 atom stereocenters. The quantitative estimate of drug-likeness (QED) is 0.773. The first-order valence-corrected chi connectivity index (χ1v) is 6.15. The molecule has 2 aromatic rings. The van der Waals surface area contributed by atoms with Crippen LogP contribution in [0.3, 0.4) is 0 Å². The Morgan fingerprint density at radius 3 is 2.00 bits per heavy atom. The van der Waals surface area contributed by atoms with Crippen LogP contribution in [0.15, 0.2) is 36.4 Å². The van der Waals surface area contributed by atoms with Crippen molar-refractivity contribution in [3.63, 3.8) is 0 Å². The number of benzene rings is 2. The fraction of sp³-hybridized carbons (Fsp3) is 0.250. The van der Waals surface area contributed by atoms with Crippen LogP contribution in [0, 0.1) is 6.92 Å². The first-order valence-electron chi connectivity index (χ1n) is 6.15.